The first-order valence-corrected chi connectivity index (χ1v) is 8.45. The standard InChI is InChI=1S/C18H19NO3S/c1-12-7-15-9-14(4-5-17(15)22-12)18(21)19-10-13(11-20)8-16-3-2-6-23-16/h2-7,9,13,20H,8,10-11H2,1H3,(H,19,21). The van der Waals surface area contributed by atoms with E-state index in [0.717, 1.165) is 23.2 Å². The Morgan fingerprint density at radius 1 is 1.35 bits per heavy atom. The van der Waals surface area contributed by atoms with Gasteiger partial charge in [-0.15, -0.1) is 11.3 Å². The van der Waals surface area contributed by atoms with E-state index < -0.39 is 0 Å². The van der Waals surface area contributed by atoms with Crippen molar-refractivity contribution in [1.29, 1.82) is 0 Å². The van der Waals surface area contributed by atoms with E-state index in [1.165, 1.54) is 4.88 Å². The fourth-order valence-electron chi connectivity index (χ4n) is 2.57. The Morgan fingerprint density at radius 3 is 2.96 bits per heavy atom. The van der Waals surface area contributed by atoms with E-state index in [4.69, 9.17) is 4.42 Å². The zero-order valence-electron chi connectivity index (χ0n) is 12.9. The highest BCUT2D eigenvalue weighted by Crippen LogP contribution is 2.20. The van der Waals surface area contributed by atoms with Crippen LogP contribution in [0.4, 0.5) is 0 Å². The Morgan fingerprint density at radius 2 is 2.22 bits per heavy atom. The third-order valence-electron chi connectivity index (χ3n) is 3.78. The highest BCUT2D eigenvalue weighted by Gasteiger charge is 2.13. The molecule has 0 aliphatic rings. The zero-order valence-corrected chi connectivity index (χ0v) is 13.7. The summed E-state index contributed by atoms with van der Waals surface area (Å²) in [6.45, 7) is 2.39. The molecule has 3 rings (SSSR count). The van der Waals surface area contributed by atoms with Gasteiger partial charge in [0.2, 0.25) is 0 Å². The van der Waals surface area contributed by atoms with Crippen LogP contribution in [0.15, 0.2) is 46.2 Å². The van der Waals surface area contributed by atoms with Crippen molar-refractivity contribution in [1.82, 2.24) is 5.32 Å². The summed E-state index contributed by atoms with van der Waals surface area (Å²) < 4.78 is 5.51. The fourth-order valence-corrected chi connectivity index (χ4v) is 3.39. The van der Waals surface area contributed by atoms with Gasteiger partial charge in [-0.25, -0.2) is 0 Å². The maximum Gasteiger partial charge on any atom is 0.251 e. The van der Waals surface area contributed by atoms with Crippen LogP contribution in [0, 0.1) is 12.8 Å². The molecule has 1 unspecified atom stereocenters. The Hall–Kier alpha value is -2.11. The summed E-state index contributed by atoms with van der Waals surface area (Å²) in [7, 11) is 0. The maximum absolute atomic E-state index is 12.3. The van der Waals surface area contributed by atoms with E-state index in [1.807, 2.05) is 42.6 Å². The van der Waals surface area contributed by atoms with Crippen LogP contribution in [0.3, 0.4) is 0 Å². The number of thiophene rings is 1. The summed E-state index contributed by atoms with van der Waals surface area (Å²) >= 11 is 1.67. The summed E-state index contributed by atoms with van der Waals surface area (Å²) in [5.74, 6) is 0.724. The van der Waals surface area contributed by atoms with Crippen molar-refractivity contribution >= 4 is 28.2 Å². The fraction of sp³-hybridized carbons (Fsp3) is 0.278. The minimum atomic E-state index is -0.129. The summed E-state index contributed by atoms with van der Waals surface area (Å²) in [6, 6.07) is 11.4. The molecule has 4 nitrogen and oxygen atoms in total. The number of carbonyl (C=O) groups excluding carboxylic acids is 1. The van der Waals surface area contributed by atoms with Crippen molar-refractivity contribution in [2.75, 3.05) is 13.2 Å². The molecule has 0 aliphatic heterocycles. The predicted octanol–water partition coefficient (Wildman–Crippen LogP) is 3.38. The number of rotatable bonds is 6. The molecule has 1 aromatic carbocycles. The van der Waals surface area contributed by atoms with Crippen LogP contribution in [-0.2, 0) is 6.42 Å². The van der Waals surface area contributed by atoms with E-state index in [-0.39, 0.29) is 18.4 Å². The number of aryl methyl sites for hydroxylation is 1. The third-order valence-corrected chi connectivity index (χ3v) is 4.68. The molecule has 1 amide bonds. The number of fused-ring (bicyclic) bond motifs is 1. The second-order valence-corrected chi connectivity index (χ2v) is 6.68. The minimum absolute atomic E-state index is 0.0255. The normalized spacial score (nSPS) is 12.4. The Labute approximate surface area is 138 Å². The van der Waals surface area contributed by atoms with Gasteiger partial charge in [-0.1, -0.05) is 6.07 Å². The lowest BCUT2D eigenvalue weighted by Gasteiger charge is -2.14. The summed E-state index contributed by atoms with van der Waals surface area (Å²) in [4.78, 5) is 13.5. The number of furan rings is 1. The number of benzene rings is 1. The molecule has 0 radical (unpaired) electrons. The molecule has 2 aromatic heterocycles. The lowest BCUT2D eigenvalue weighted by molar-refractivity contribution is 0.0940. The van der Waals surface area contributed by atoms with Crippen molar-refractivity contribution < 1.29 is 14.3 Å². The van der Waals surface area contributed by atoms with Gasteiger partial charge in [0.05, 0.1) is 0 Å². The van der Waals surface area contributed by atoms with Gasteiger partial charge in [0.25, 0.3) is 5.91 Å². The zero-order chi connectivity index (χ0) is 16.2. The van der Waals surface area contributed by atoms with Gasteiger partial charge in [0.15, 0.2) is 0 Å². The first-order chi connectivity index (χ1) is 11.2. The molecule has 0 fully saturated rings. The second kappa shape index (κ2) is 6.98. The molecule has 1 atom stereocenters. The van der Waals surface area contributed by atoms with Crippen molar-refractivity contribution in [2.45, 2.75) is 13.3 Å². The van der Waals surface area contributed by atoms with Crippen LogP contribution in [0.5, 0.6) is 0 Å². The molecule has 0 bridgehead atoms. The van der Waals surface area contributed by atoms with Gasteiger partial charge in [-0.2, -0.15) is 0 Å². The van der Waals surface area contributed by atoms with Gasteiger partial charge in [0, 0.05) is 34.9 Å². The van der Waals surface area contributed by atoms with E-state index in [1.54, 1.807) is 17.4 Å². The number of hydrogen-bond acceptors (Lipinski definition) is 4. The summed E-state index contributed by atoms with van der Waals surface area (Å²) in [5, 5.41) is 15.3. The molecular formula is C18H19NO3S. The maximum atomic E-state index is 12.3. The lowest BCUT2D eigenvalue weighted by Crippen LogP contribution is -2.31. The SMILES string of the molecule is Cc1cc2cc(C(=O)NCC(CO)Cc3cccs3)ccc2o1. The molecule has 0 aliphatic carbocycles. The third kappa shape index (κ3) is 3.81. The minimum Gasteiger partial charge on any atom is -0.461 e. The van der Waals surface area contributed by atoms with E-state index in [2.05, 4.69) is 5.32 Å². The first-order valence-electron chi connectivity index (χ1n) is 7.57. The Kier molecular flexibility index (Phi) is 4.79. The smallest absolute Gasteiger partial charge is 0.251 e. The van der Waals surface area contributed by atoms with Crippen molar-refractivity contribution in [3.8, 4) is 0 Å². The molecule has 2 N–H and O–H groups in total. The van der Waals surface area contributed by atoms with Crippen LogP contribution in [0.25, 0.3) is 11.0 Å². The van der Waals surface area contributed by atoms with Crippen molar-refractivity contribution in [3.05, 3.63) is 58.0 Å². The van der Waals surface area contributed by atoms with E-state index in [0.29, 0.717) is 12.1 Å². The first kappa shape index (κ1) is 15.8. The number of aliphatic hydroxyl groups excluding tert-OH is 1. The van der Waals surface area contributed by atoms with Crippen LogP contribution in [0.1, 0.15) is 21.0 Å². The molecule has 0 spiro atoms. The van der Waals surface area contributed by atoms with Gasteiger partial charge < -0.3 is 14.8 Å². The molecule has 23 heavy (non-hydrogen) atoms. The number of nitrogens with one attached hydrogen (secondary N) is 1. The number of hydrogen-bond donors (Lipinski definition) is 2. The number of carbonyl (C=O) groups is 1. The van der Waals surface area contributed by atoms with Crippen LogP contribution < -0.4 is 5.32 Å². The molecular weight excluding hydrogens is 310 g/mol. The van der Waals surface area contributed by atoms with Gasteiger partial charge in [0.1, 0.15) is 11.3 Å². The largest absolute Gasteiger partial charge is 0.461 e. The summed E-state index contributed by atoms with van der Waals surface area (Å²) in [6.07, 6.45) is 0.772. The lowest BCUT2D eigenvalue weighted by atomic mass is 10.1. The topological polar surface area (TPSA) is 62.5 Å². The average Bonchev–Trinajstić information content (AvgIpc) is 3.18. The number of amides is 1. The van der Waals surface area contributed by atoms with Gasteiger partial charge >= 0.3 is 0 Å². The second-order valence-electron chi connectivity index (χ2n) is 5.65. The van der Waals surface area contributed by atoms with Crippen LogP contribution in [0.2, 0.25) is 0 Å². The highest BCUT2D eigenvalue weighted by atomic mass is 32.1. The quantitative estimate of drug-likeness (QED) is 0.729. The average molecular weight is 329 g/mol. The molecule has 0 saturated heterocycles. The number of aliphatic hydroxyl groups is 1. The van der Waals surface area contributed by atoms with Gasteiger partial charge in [-0.3, -0.25) is 4.79 Å². The van der Waals surface area contributed by atoms with Crippen molar-refractivity contribution in [2.24, 2.45) is 5.92 Å². The van der Waals surface area contributed by atoms with Crippen molar-refractivity contribution in [3.63, 3.8) is 0 Å². The van der Waals surface area contributed by atoms with E-state index in [9.17, 15) is 9.90 Å². The Bertz CT molecular complexity index is 792. The molecule has 2 heterocycles. The van der Waals surface area contributed by atoms with E-state index >= 15 is 0 Å². The highest BCUT2D eigenvalue weighted by molar-refractivity contribution is 7.09. The Balaban J connectivity index is 1.62. The van der Waals surface area contributed by atoms with Crippen LogP contribution in [-0.4, -0.2) is 24.2 Å². The molecule has 120 valence electrons. The van der Waals surface area contributed by atoms with Gasteiger partial charge in [-0.05, 0) is 49.1 Å². The summed E-state index contributed by atoms with van der Waals surface area (Å²) in [5.41, 5.74) is 1.39. The predicted molar refractivity (Wildman–Crippen MR) is 91.9 cm³/mol. The molecule has 0 saturated carbocycles. The van der Waals surface area contributed by atoms with Crippen LogP contribution >= 0.6 is 11.3 Å². The molecule has 3 aromatic rings. The monoisotopic (exact) mass is 329 g/mol. The molecule has 5 heteroatoms.